The average molecular weight is 334 g/mol. The first-order valence-corrected chi connectivity index (χ1v) is 9.04. The zero-order valence-electron chi connectivity index (χ0n) is 14.4. The molecule has 1 saturated carbocycles. The molecule has 1 aromatic carbocycles. The predicted octanol–water partition coefficient (Wildman–Crippen LogP) is 2.96. The van der Waals surface area contributed by atoms with E-state index in [1.165, 1.54) is 19.3 Å². The number of carbonyl (C=O) groups is 1. The molecule has 5 heteroatoms. The van der Waals surface area contributed by atoms with Gasteiger partial charge in [-0.15, -0.1) is 0 Å². The second-order valence-corrected chi connectivity index (χ2v) is 6.91. The molecule has 0 aliphatic heterocycles. The molecule has 5 nitrogen and oxygen atoms in total. The van der Waals surface area contributed by atoms with Crippen LogP contribution in [-0.2, 0) is 6.42 Å². The van der Waals surface area contributed by atoms with Crippen LogP contribution in [0.15, 0.2) is 24.3 Å². The lowest BCUT2D eigenvalue weighted by molar-refractivity contribution is 0.127. The van der Waals surface area contributed by atoms with E-state index in [0.717, 1.165) is 37.7 Å². The van der Waals surface area contributed by atoms with Gasteiger partial charge in [0.15, 0.2) is 0 Å². The lowest BCUT2D eigenvalue weighted by Gasteiger charge is -2.37. The van der Waals surface area contributed by atoms with Crippen molar-refractivity contribution in [1.29, 1.82) is 0 Å². The number of carbonyl (C=O) groups excluding carboxylic acids is 1. The third-order valence-electron chi connectivity index (χ3n) is 5.04. The van der Waals surface area contributed by atoms with Gasteiger partial charge in [0, 0.05) is 19.7 Å². The number of nitrogens with one attached hydrogen (secondary N) is 2. The Morgan fingerprint density at radius 2 is 1.79 bits per heavy atom. The number of aromatic hydroxyl groups is 1. The highest BCUT2D eigenvalue weighted by molar-refractivity contribution is 5.73. The van der Waals surface area contributed by atoms with E-state index in [0.29, 0.717) is 13.1 Å². The summed E-state index contributed by atoms with van der Waals surface area (Å²) in [6.45, 7) is 1.47. The molecule has 0 unspecified atom stereocenters. The first-order chi connectivity index (χ1) is 11.6. The fraction of sp³-hybridized carbons (Fsp3) is 0.632. The van der Waals surface area contributed by atoms with E-state index >= 15 is 0 Å². The Morgan fingerprint density at radius 3 is 2.46 bits per heavy atom. The van der Waals surface area contributed by atoms with Crippen LogP contribution in [0.4, 0.5) is 4.79 Å². The van der Waals surface area contributed by atoms with Crippen molar-refractivity contribution >= 4 is 6.03 Å². The van der Waals surface area contributed by atoms with Gasteiger partial charge in [-0.1, -0.05) is 31.4 Å². The number of hydrogen-bond acceptors (Lipinski definition) is 3. The summed E-state index contributed by atoms with van der Waals surface area (Å²) in [6, 6.07) is 7.04. The summed E-state index contributed by atoms with van der Waals surface area (Å²) >= 11 is 0. The smallest absolute Gasteiger partial charge is 0.314 e. The lowest BCUT2D eigenvalue weighted by atomic mass is 9.72. The monoisotopic (exact) mass is 334 g/mol. The third kappa shape index (κ3) is 6.04. The van der Waals surface area contributed by atoms with Gasteiger partial charge < -0.3 is 20.8 Å². The summed E-state index contributed by atoms with van der Waals surface area (Å²) in [4.78, 5) is 12.0. The van der Waals surface area contributed by atoms with Crippen molar-refractivity contribution in [2.24, 2.45) is 5.41 Å². The Kier molecular flexibility index (Phi) is 7.37. The number of aryl methyl sites for hydroxylation is 1. The minimum absolute atomic E-state index is 0.0797. The first-order valence-electron chi connectivity index (χ1n) is 9.04. The highest BCUT2D eigenvalue weighted by Gasteiger charge is 2.31. The van der Waals surface area contributed by atoms with Gasteiger partial charge in [-0.2, -0.15) is 0 Å². The van der Waals surface area contributed by atoms with Crippen LogP contribution in [-0.4, -0.2) is 35.9 Å². The van der Waals surface area contributed by atoms with E-state index in [2.05, 4.69) is 10.6 Å². The Labute approximate surface area is 144 Å². The standard InChI is InChI=1S/C19H30N2O3/c22-14-12-19(10-2-1-3-11-19)15-21-18(24)20-13-4-5-16-6-8-17(23)9-7-16/h6-9,22-23H,1-5,10-15H2,(H2,20,21,24). The van der Waals surface area contributed by atoms with Crippen LogP contribution in [0.25, 0.3) is 0 Å². The average Bonchev–Trinajstić information content (AvgIpc) is 2.60. The van der Waals surface area contributed by atoms with Gasteiger partial charge in [0.25, 0.3) is 0 Å². The van der Waals surface area contributed by atoms with Gasteiger partial charge in [-0.3, -0.25) is 0 Å². The second-order valence-electron chi connectivity index (χ2n) is 6.91. The van der Waals surface area contributed by atoms with Crippen LogP contribution < -0.4 is 10.6 Å². The molecule has 1 aromatic rings. The summed E-state index contributed by atoms with van der Waals surface area (Å²) < 4.78 is 0. The minimum atomic E-state index is -0.122. The molecular formula is C19H30N2O3. The van der Waals surface area contributed by atoms with E-state index in [4.69, 9.17) is 0 Å². The predicted molar refractivity (Wildman–Crippen MR) is 95.1 cm³/mol. The Bertz CT molecular complexity index is 490. The molecule has 1 aliphatic rings. The van der Waals surface area contributed by atoms with Gasteiger partial charge in [-0.05, 0) is 55.2 Å². The normalized spacial score (nSPS) is 16.5. The quantitative estimate of drug-likeness (QED) is 0.552. The molecule has 0 heterocycles. The summed E-state index contributed by atoms with van der Waals surface area (Å²) in [5, 5.41) is 24.4. The van der Waals surface area contributed by atoms with Crippen molar-refractivity contribution in [3.05, 3.63) is 29.8 Å². The van der Waals surface area contributed by atoms with Crippen molar-refractivity contribution in [3.63, 3.8) is 0 Å². The Morgan fingerprint density at radius 1 is 1.08 bits per heavy atom. The zero-order valence-corrected chi connectivity index (χ0v) is 14.4. The van der Waals surface area contributed by atoms with Crippen LogP contribution in [0.3, 0.4) is 0 Å². The van der Waals surface area contributed by atoms with Crippen molar-refractivity contribution in [2.75, 3.05) is 19.7 Å². The molecule has 4 N–H and O–H groups in total. The molecule has 0 saturated heterocycles. The maximum Gasteiger partial charge on any atom is 0.314 e. The highest BCUT2D eigenvalue weighted by atomic mass is 16.3. The van der Waals surface area contributed by atoms with Crippen molar-refractivity contribution < 1.29 is 15.0 Å². The number of phenols is 1. The fourth-order valence-corrected chi connectivity index (χ4v) is 3.54. The largest absolute Gasteiger partial charge is 0.508 e. The first kappa shape index (κ1) is 18.6. The third-order valence-corrected chi connectivity index (χ3v) is 5.04. The molecule has 24 heavy (non-hydrogen) atoms. The molecule has 1 aliphatic carbocycles. The summed E-state index contributed by atoms with van der Waals surface area (Å²) in [5.74, 6) is 0.274. The van der Waals surface area contributed by atoms with Gasteiger partial charge in [-0.25, -0.2) is 4.79 Å². The number of hydrogen-bond donors (Lipinski definition) is 4. The van der Waals surface area contributed by atoms with E-state index in [1.807, 2.05) is 12.1 Å². The van der Waals surface area contributed by atoms with Crippen LogP contribution in [0.1, 0.15) is 50.5 Å². The number of phenolic OH excluding ortho intramolecular Hbond substituents is 1. The maximum atomic E-state index is 12.0. The number of aliphatic hydroxyl groups excluding tert-OH is 1. The van der Waals surface area contributed by atoms with Crippen LogP contribution in [0.2, 0.25) is 0 Å². The number of urea groups is 1. The molecule has 2 rings (SSSR count). The molecule has 0 aromatic heterocycles. The molecule has 1 fully saturated rings. The topological polar surface area (TPSA) is 81.6 Å². The molecule has 134 valence electrons. The molecule has 0 radical (unpaired) electrons. The zero-order chi connectivity index (χ0) is 17.3. The SMILES string of the molecule is O=C(NCCCc1ccc(O)cc1)NCC1(CCO)CCCCC1. The van der Waals surface area contributed by atoms with Crippen LogP contribution >= 0.6 is 0 Å². The summed E-state index contributed by atoms with van der Waals surface area (Å²) in [5.41, 5.74) is 1.23. The Balaban J connectivity index is 1.64. The van der Waals surface area contributed by atoms with Gasteiger partial charge in [0.1, 0.15) is 5.75 Å². The number of rotatable bonds is 8. The lowest BCUT2D eigenvalue weighted by Crippen LogP contribution is -2.44. The highest BCUT2D eigenvalue weighted by Crippen LogP contribution is 2.38. The molecule has 0 atom stereocenters. The number of aliphatic hydroxyl groups is 1. The van der Waals surface area contributed by atoms with Crippen LogP contribution in [0.5, 0.6) is 5.75 Å². The summed E-state index contributed by atoms with van der Waals surface area (Å²) in [7, 11) is 0. The van der Waals surface area contributed by atoms with Gasteiger partial charge in [0.05, 0.1) is 0 Å². The molecule has 2 amide bonds. The summed E-state index contributed by atoms with van der Waals surface area (Å²) in [6.07, 6.45) is 8.33. The van der Waals surface area contributed by atoms with Crippen molar-refractivity contribution in [3.8, 4) is 5.75 Å². The Hall–Kier alpha value is -1.75. The van der Waals surface area contributed by atoms with Crippen LogP contribution in [0, 0.1) is 5.41 Å². The van der Waals surface area contributed by atoms with Gasteiger partial charge in [0.2, 0.25) is 0 Å². The van der Waals surface area contributed by atoms with E-state index in [-0.39, 0.29) is 23.8 Å². The second kappa shape index (κ2) is 9.52. The number of amides is 2. The number of benzene rings is 1. The van der Waals surface area contributed by atoms with Crippen molar-refractivity contribution in [2.45, 2.75) is 51.4 Å². The van der Waals surface area contributed by atoms with Gasteiger partial charge >= 0.3 is 6.03 Å². The van der Waals surface area contributed by atoms with E-state index < -0.39 is 0 Å². The fourth-order valence-electron chi connectivity index (χ4n) is 3.54. The molecule has 0 spiro atoms. The van der Waals surface area contributed by atoms with E-state index in [9.17, 15) is 15.0 Å². The van der Waals surface area contributed by atoms with Crippen molar-refractivity contribution in [1.82, 2.24) is 10.6 Å². The molecule has 0 bridgehead atoms. The van der Waals surface area contributed by atoms with E-state index in [1.54, 1.807) is 12.1 Å². The molecular weight excluding hydrogens is 304 g/mol. The minimum Gasteiger partial charge on any atom is -0.508 e. The maximum absolute atomic E-state index is 12.0.